The number of nitrogens with zero attached hydrogens (tertiary/aromatic N) is 2. The number of anilines is 1. The van der Waals surface area contributed by atoms with E-state index in [1.807, 2.05) is 31.2 Å². The second-order valence-electron chi connectivity index (χ2n) is 6.81. The molecule has 27 heavy (non-hydrogen) atoms. The van der Waals surface area contributed by atoms with Crippen molar-refractivity contribution in [3.63, 3.8) is 0 Å². The Hall–Kier alpha value is -2.24. The quantitative estimate of drug-likeness (QED) is 0.644. The number of carbonyl (C=O) groups is 1. The molecule has 0 radical (unpaired) electrons. The van der Waals surface area contributed by atoms with E-state index in [9.17, 15) is 4.79 Å². The van der Waals surface area contributed by atoms with Crippen LogP contribution in [-0.4, -0.2) is 21.4 Å². The van der Waals surface area contributed by atoms with Crippen LogP contribution >= 0.6 is 23.4 Å². The molecular formula is C21H20ClN3OS. The van der Waals surface area contributed by atoms with Crippen molar-refractivity contribution in [2.24, 2.45) is 0 Å². The van der Waals surface area contributed by atoms with Crippen molar-refractivity contribution < 1.29 is 4.79 Å². The molecule has 1 aliphatic heterocycles. The molecule has 0 spiro atoms. The molecule has 0 saturated carbocycles. The summed E-state index contributed by atoms with van der Waals surface area (Å²) in [5.41, 5.74) is 6.33. The van der Waals surface area contributed by atoms with Gasteiger partial charge in [-0.3, -0.25) is 4.79 Å². The van der Waals surface area contributed by atoms with Gasteiger partial charge in [0, 0.05) is 5.56 Å². The van der Waals surface area contributed by atoms with Crippen LogP contribution in [0.3, 0.4) is 0 Å². The molecule has 138 valence electrons. The van der Waals surface area contributed by atoms with E-state index < -0.39 is 0 Å². The Balaban J connectivity index is 1.95. The van der Waals surface area contributed by atoms with E-state index >= 15 is 0 Å². The van der Waals surface area contributed by atoms with E-state index in [2.05, 4.69) is 37.4 Å². The van der Waals surface area contributed by atoms with Crippen LogP contribution in [0.5, 0.6) is 0 Å². The van der Waals surface area contributed by atoms with Crippen molar-refractivity contribution in [3.05, 3.63) is 75.4 Å². The highest BCUT2D eigenvalue weighted by Gasteiger charge is 2.31. The van der Waals surface area contributed by atoms with Crippen LogP contribution in [0, 0.1) is 20.8 Å². The van der Waals surface area contributed by atoms with Gasteiger partial charge in [0.15, 0.2) is 0 Å². The van der Waals surface area contributed by atoms with Crippen LogP contribution in [-0.2, 0) is 4.79 Å². The van der Waals surface area contributed by atoms with Gasteiger partial charge in [-0.15, -0.1) is 11.8 Å². The number of halogens is 1. The van der Waals surface area contributed by atoms with Crippen LogP contribution in [0.4, 0.5) is 5.82 Å². The number of nitrogens with one attached hydrogen (secondary N) is 1. The zero-order chi connectivity index (χ0) is 19.1. The van der Waals surface area contributed by atoms with Crippen molar-refractivity contribution in [1.82, 2.24) is 9.78 Å². The van der Waals surface area contributed by atoms with Gasteiger partial charge in [0.2, 0.25) is 5.91 Å². The summed E-state index contributed by atoms with van der Waals surface area (Å²) in [6.45, 7) is 6.19. The number of benzene rings is 2. The van der Waals surface area contributed by atoms with Crippen LogP contribution < -0.4 is 5.32 Å². The summed E-state index contributed by atoms with van der Waals surface area (Å²) < 4.78 is 1.76. The summed E-state index contributed by atoms with van der Waals surface area (Å²) >= 11 is 8.05. The third-order valence-corrected chi connectivity index (χ3v) is 6.38. The van der Waals surface area contributed by atoms with Gasteiger partial charge in [-0.25, -0.2) is 4.68 Å². The Morgan fingerprint density at radius 3 is 2.74 bits per heavy atom. The second kappa shape index (κ2) is 7.06. The largest absolute Gasteiger partial charge is 0.310 e. The Morgan fingerprint density at radius 2 is 1.96 bits per heavy atom. The van der Waals surface area contributed by atoms with Crippen LogP contribution in [0.15, 0.2) is 42.5 Å². The third-order valence-electron chi connectivity index (χ3n) is 4.81. The monoisotopic (exact) mass is 397 g/mol. The maximum Gasteiger partial charge on any atom is 0.235 e. The van der Waals surface area contributed by atoms with Crippen molar-refractivity contribution in [2.75, 3.05) is 11.1 Å². The summed E-state index contributed by atoms with van der Waals surface area (Å²) in [7, 11) is 0. The maximum absolute atomic E-state index is 12.4. The van der Waals surface area contributed by atoms with E-state index in [1.54, 1.807) is 16.4 Å². The fraction of sp³-hybridized carbons (Fsp3) is 0.238. The minimum Gasteiger partial charge on any atom is -0.310 e. The smallest absolute Gasteiger partial charge is 0.235 e. The topological polar surface area (TPSA) is 46.9 Å². The summed E-state index contributed by atoms with van der Waals surface area (Å²) in [5, 5.41) is 8.42. The fourth-order valence-electron chi connectivity index (χ4n) is 3.47. The molecule has 1 aliphatic rings. The number of carbonyl (C=O) groups excluding carboxylic acids is 1. The number of fused-ring (bicyclic) bond motifs is 1. The molecule has 0 bridgehead atoms. The average Bonchev–Trinajstić information content (AvgIpc) is 2.84. The molecule has 1 amide bonds. The Labute approximate surface area is 167 Å². The number of aromatic nitrogens is 2. The van der Waals surface area contributed by atoms with Crippen LogP contribution in [0.2, 0.25) is 5.02 Å². The Morgan fingerprint density at radius 1 is 1.19 bits per heavy atom. The van der Waals surface area contributed by atoms with E-state index in [0.29, 0.717) is 16.6 Å². The lowest BCUT2D eigenvalue weighted by Gasteiger charge is -2.18. The minimum atomic E-state index is -0.0257. The van der Waals surface area contributed by atoms with E-state index in [-0.39, 0.29) is 11.2 Å². The van der Waals surface area contributed by atoms with Crippen molar-refractivity contribution in [2.45, 2.75) is 26.0 Å². The lowest BCUT2D eigenvalue weighted by Crippen LogP contribution is -2.16. The van der Waals surface area contributed by atoms with Crippen LogP contribution in [0.25, 0.3) is 5.69 Å². The number of thioether (sulfide) groups is 1. The first-order valence-corrected chi connectivity index (χ1v) is 10.2. The number of para-hydroxylation sites is 1. The highest BCUT2D eigenvalue weighted by molar-refractivity contribution is 8.00. The molecule has 6 heteroatoms. The lowest BCUT2D eigenvalue weighted by atomic mass is 9.98. The summed E-state index contributed by atoms with van der Waals surface area (Å²) in [5.74, 6) is 1.08. The number of aryl methyl sites for hydroxylation is 3. The van der Waals surface area contributed by atoms with Gasteiger partial charge in [0.25, 0.3) is 0 Å². The highest BCUT2D eigenvalue weighted by atomic mass is 35.5. The average molecular weight is 398 g/mol. The number of rotatable bonds is 2. The molecule has 0 fully saturated rings. The molecule has 3 aromatic rings. The maximum atomic E-state index is 12.4. The van der Waals surface area contributed by atoms with E-state index in [1.165, 1.54) is 16.7 Å². The summed E-state index contributed by atoms with van der Waals surface area (Å²) in [4.78, 5) is 12.4. The van der Waals surface area contributed by atoms with Crippen LogP contribution in [0.1, 0.15) is 33.2 Å². The first kappa shape index (κ1) is 18.1. The van der Waals surface area contributed by atoms with Crippen molar-refractivity contribution in [1.29, 1.82) is 0 Å². The molecule has 4 nitrogen and oxygen atoms in total. The summed E-state index contributed by atoms with van der Waals surface area (Å²) in [6.07, 6.45) is 0. The van der Waals surface area contributed by atoms with Gasteiger partial charge >= 0.3 is 0 Å². The van der Waals surface area contributed by atoms with Gasteiger partial charge in [-0.1, -0.05) is 47.5 Å². The molecule has 0 unspecified atom stereocenters. The number of hydrogen-bond donors (Lipinski definition) is 1. The first-order valence-electron chi connectivity index (χ1n) is 8.78. The van der Waals surface area contributed by atoms with E-state index in [0.717, 1.165) is 16.9 Å². The van der Waals surface area contributed by atoms with Crippen molar-refractivity contribution >= 4 is 35.1 Å². The zero-order valence-electron chi connectivity index (χ0n) is 15.4. The van der Waals surface area contributed by atoms with Gasteiger partial charge in [0.1, 0.15) is 5.82 Å². The molecule has 0 saturated heterocycles. The van der Waals surface area contributed by atoms with E-state index in [4.69, 9.17) is 16.7 Å². The lowest BCUT2D eigenvalue weighted by molar-refractivity contribution is -0.113. The SMILES string of the molecule is Cc1ccc(C)c([C@H]2SCC(=O)Nc3c2c(C)nn3-c2ccccc2Cl)c1. The molecule has 1 aromatic heterocycles. The molecule has 1 N–H and O–H groups in total. The van der Waals surface area contributed by atoms with Gasteiger partial charge in [-0.2, -0.15) is 5.10 Å². The van der Waals surface area contributed by atoms with Gasteiger partial charge in [-0.05, 0) is 44.0 Å². The zero-order valence-corrected chi connectivity index (χ0v) is 17.0. The Kier molecular flexibility index (Phi) is 4.74. The minimum absolute atomic E-state index is 0.0257. The normalized spacial score (nSPS) is 16.6. The van der Waals surface area contributed by atoms with Gasteiger partial charge < -0.3 is 5.32 Å². The Bertz CT molecular complexity index is 1040. The predicted octanol–water partition coefficient (Wildman–Crippen LogP) is 5.23. The van der Waals surface area contributed by atoms with Crippen molar-refractivity contribution in [3.8, 4) is 5.69 Å². The third kappa shape index (κ3) is 3.26. The summed E-state index contributed by atoms with van der Waals surface area (Å²) in [6, 6.07) is 14.0. The highest BCUT2D eigenvalue weighted by Crippen LogP contribution is 2.45. The fourth-order valence-corrected chi connectivity index (χ4v) is 4.96. The number of hydrogen-bond acceptors (Lipinski definition) is 3. The standard InChI is InChI=1S/C21H20ClN3OS/c1-12-8-9-13(2)15(10-12)20-19-14(3)24-25(17-7-5-4-6-16(17)22)21(19)23-18(26)11-27-20/h4-10,20H,11H2,1-3H3,(H,23,26)/t20-/m1/s1. The molecule has 0 aliphatic carbocycles. The molecule has 4 rings (SSSR count). The molecule has 1 atom stereocenters. The number of amides is 1. The molecule has 2 heterocycles. The predicted molar refractivity (Wildman–Crippen MR) is 112 cm³/mol. The second-order valence-corrected chi connectivity index (χ2v) is 8.31. The molecule has 2 aromatic carbocycles. The molecular weight excluding hydrogens is 378 g/mol. The first-order chi connectivity index (χ1) is 13.0. The van der Waals surface area contributed by atoms with Gasteiger partial charge in [0.05, 0.1) is 27.4 Å².